The number of rotatable bonds is 6. The quantitative estimate of drug-likeness (QED) is 0.798. The third kappa shape index (κ3) is 3.91. The minimum absolute atomic E-state index is 0.418. The first-order valence-electron chi connectivity index (χ1n) is 7.27. The van der Waals surface area contributed by atoms with E-state index in [1.165, 1.54) is 5.56 Å². The van der Waals surface area contributed by atoms with Crippen molar-refractivity contribution in [3.63, 3.8) is 0 Å². The molecule has 4 heteroatoms. The van der Waals surface area contributed by atoms with E-state index in [1.54, 1.807) is 7.11 Å². The normalized spacial score (nSPS) is 16.8. The summed E-state index contributed by atoms with van der Waals surface area (Å²) in [6.07, 6.45) is 5.65. The maximum atomic E-state index is 5.43. The van der Waals surface area contributed by atoms with Gasteiger partial charge >= 0.3 is 0 Å². The van der Waals surface area contributed by atoms with Gasteiger partial charge in [0.2, 0.25) is 0 Å². The second-order valence-electron chi connectivity index (χ2n) is 5.09. The standard InChI is InChI=1S/C15H25N3O/c1-3-8-16-12-13-5-4-9-17-15(13)18-10-6-14(19-2)7-11-18/h4-5,9,14,16H,3,6-8,10-12H2,1-2H3. The lowest BCUT2D eigenvalue weighted by molar-refractivity contribution is 0.0817. The van der Waals surface area contributed by atoms with E-state index in [4.69, 9.17) is 4.74 Å². The molecule has 1 aliphatic heterocycles. The number of hydrogen-bond donors (Lipinski definition) is 1. The number of nitrogens with one attached hydrogen (secondary N) is 1. The van der Waals surface area contributed by atoms with Gasteiger partial charge in [-0.3, -0.25) is 0 Å². The Morgan fingerprint density at radius 2 is 2.21 bits per heavy atom. The number of nitrogens with zero attached hydrogens (tertiary/aromatic N) is 2. The van der Waals surface area contributed by atoms with Crippen LogP contribution in [-0.2, 0) is 11.3 Å². The molecule has 0 radical (unpaired) electrons. The van der Waals surface area contributed by atoms with Gasteiger partial charge in [0, 0.05) is 38.5 Å². The summed E-state index contributed by atoms with van der Waals surface area (Å²) in [5.74, 6) is 1.14. The zero-order valence-corrected chi connectivity index (χ0v) is 12.1. The van der Waals surface area contributed by atoms with Crippen molar-refractivity contribution >= 4 is 5.82 Å². The Balaban J connectivity index is 1.99. The molecule has 4 nitrogen and oxygen atoms in total. The van der Waals surface area contributed by atoms with Crippen LogP contribution in [0.3, 0.4) is 0 Å². The smallest absolute Gasteiger partial charge is 0.133 e. The van der Waals surface area contributed by atoms with Gasteiger partial charge in [-0.15, -0.1) is 0 Å². The first-order chi connectivity index (χ1) is 9.35. The molecule has 0 aromatic carbocycles. The van der Waals surface area contributed by atoms with Crippen molar-refractivity contribution in [1.82, 2.24) is 10.3 Å². The molecule has 1 fully saturated rings. The van der Waals surface area contributed by atoms with Crippen LogP contribution in [0.1, 0.15) is 31.7 Å². The number of methoxy groups -OCH3 is 1. The Kier molecular flexibility index (Phi) is 5.61. The van der Waals surface area contributed by atoms with Crippen LogP contribution in [0.2, 0.25) is 0 Å². The van der Waals surface area contributed by atoms with Gasteiger partial charge in [-0.05, 0) is 31.9 Å². The van der Waals surface area contributed by atoms with E-state index in [0.29, 0.717) is 6.10 Å². The zero-order chi connectivity index (χ0) is 13.5. The van der Waals surface area contributed by atoms with Gasteiger partial charge < -0.3 is 15.0 Å². The van der Waals surface area contributed by atoms with Gasteiger partial charge in [0.05, 0.1) is 6.10 Å². The van der Waals surface area contributed by atoms with Crippen molar-refractivity contribution in [2.75, 3.05) is 31.6 Å². The Morgan fingerprint density at radius 3 is 2.89 bits per heavy atom. The topological polar surface area (TPSA) is 37.4 Å². The molecule has 2 rings (SSSR count). The molecule has 2 heterocycles. The zero-order valence-electron chi connectivity index (χ0n) is 12.1. The van der Waals surface area contributed by atoms with Crippen molar-refractivity contribution in [2.45, 2.75) is 38.8 Å². The van der Waals surface area contributed by atoms with E-state index >= 15 is 0 Å². The van der Waals surface area contributed by atoms with Gasteiger partial charge in [-0.2, -0.15) is 0 Å². The molecule has 0 bridgehead atoms. The van der Waals surface area contributed by atoms with E-state index in [0.717, 1.165) is 51.3 Å². The molecule has 0 amide bonds. The number of piperidine rings is 1. The largest absolute Gasteiger partial charge is 0.381 e. The second kappa shape index (κ2) is 7.46. The van der Waals surface area contributed by atoms with Crippen LogP contribution in [0, 0.1) is 0 Å². The van der Waals surface area contributed by atoms with Crippen LogP contribution in [-0.4, -0.2) is 37.8 Å². The van der Waals surface area contributed by atoms with Crippen LogP contribution in [0.15, 0.2) is 18.3 Å². The fraction of sp³-hybridized carbons (Fsp3) is 0.667. The molecule has 1 N–H and O–H groups in total. The summed E-state index contributed by atoms with van der Waals surface area (Å²) in [6.45, 7) is 6.22. The Bertz CT molecular complexity index is 375. The van der Waals surface area contributed by atoms with Crippen LogP contribution in [0.5, 0.6) is 0 Å². The van der Waals surface area contributed by atoms with E-state index in [2.05, 4.69) is 28.2 Å². The summed E-state index contributed by atoms with van der Waals surface area (Å²) in [6, 6.07) is 4.20. The molecule has 0 aliphatic carbocycles. The monoisotopic (exact) mass is 263 g/mol. The molecule has 0 atom stereocenters. The maximum Gasteiger partial charge on any atom is 0.133 e. The van der Waals surface area contributed by atoms with Crippen molar-refractivity contribution in [1.29, 1.82) is 0 Å². The first-order valence-corrected chi connectivity index (χ1v) is 7.27. The van der Waals surface area contributed by atoms with Gasteiger partial charge in [0.25, 0.3) is 0 Å². The average Bonchev–Trinajstić information content (AvgIpc) is 2.48. The highest BCUT2D eigenvalue weighted by Crippen LogP contribution is 2.22. The number of anilines is 1. The first kappa shape index (κ1) is 14.3. The summed E-state index contributed by atoms with van der Waals surface area (Å²) in [5, 5.41) is 3.46. The molecule has 1 aliphatic rings. The van der Waals surface area contributed by atoms with Crippen molar-refractivity contribution in [3.8, 4) is 0 Å². The number of hydrogen-bond acceptors (Lipinski definition) is 4. The third-order valence-electron chi connectivity index (χ3n) is 3.68. The second-order valence-corrected chi connectivity index (χ2v) is 5.09. The minimum Gasteiger partial charge on any atom is -0.381 e. The lowest BCUT2D eigenvalue weighted by Gasteiger charge is -2.33. The van der Waals surface area contributed by atoms with Gasteiger partial charge in [0.15, 0.2) is 0 Å². The predicted molar refractivity (Wildman–Crippen MR) is 78.5 cm³/mol. The highest BCUT2D eigenvalue weighted by atomic mass is 16.5. The van der Waals surface area contributed by atoms with Crippen LogP contribution in [0.25, 0.3) is 0 Å². The maximum absolute atomic E-state index is 5.43. The Labute approximate surface area is 116 Å². The number of ether oxygens (including phenoxy) is 1. The molecular weight excluding hydrogens is 238 g/mol. The number of pyridine rings is 1. The molecule has 1 aromatic heterocycles. The molecule has 1 aromatic rings. The Hall–Kier alpha value is -1.13. The predicted octanol–water partition coefficient (Wildman–Crippen LogP) is 2.20. The highest BCUT2D eigenvalue weighted by Gasteiger charge is 2.21. The van der Waals surface area contributed by atoms with Crippen molar-refractivity contribution in [2.24, 2.45) is 0 Å². The van der Waals surface area contributed by atoms with Crippen molar-refractivity contribution in [3.05, 3.63) is 23.9 Å². The van der Waals surface area contributed by atoms with Crippen molar-refractivity contribution < 1.29 is 4.74 Å². The van der Waals surface area contributed by atoms with Gasteiger partial charge in [-0.1, -0.05) is 13.0 Å². The minimum atomic E-state index is 0.418. The van der Waals surface area contributed by atoms with Crippen LogP contribution in [0.4, 0.5) is 5.82 Å². The molecule has 19 heavy (non-hydrogen) atoms. The van der Waals surface area contributed by atoms with E-state index in [-0.39, 0.29) is 0 Å². The third-order valence-corrected chi connectivity index (χ3v) is 3.68. The molecule has 0 saturated carbocycles. The summed E-state index contributed by atoms with van der Waals surface area (Å²) in [7, 11) is 1.81. The number of aromatic nitrogens is 1. The summed E-state index contributed by atoms with van der Waals surface area (Å²) in [4.78, 5) is 6.96. The molecule has 0 unspecified atom stereocenters. The van der Waals surface area contributed by atoms with Crippen LogP contribution >= 0.6 is 0 Å². The lowest BCUT2D eigenvalue weighted by atomic mass is 10.1. The summed E-state index contributed by atoms with van der Waals surface area (Å²) < 4.78 is 5.43. The highest BCUT2D eigenvalue weighted by molar-refractivity contribution is 5.47. The molecular formula is C15H25N3O. The SMILES string of the molecule is CCCNCc1cccnc1N1CCC(OC)CC1. The fourth-order valence-electron chi connectivity index (χ4n) is 2.56. The van der Waals surface area contributed by atoms with E-state index in [9.17, 15) is 0 Å². The summed E-state index contributed by atoms with van der Waals surface area (Å²) >= 11 is 0. The average molecular weight is 263 g/mol. The van der Waals surface area contributed by atoms with Crippen LogP contribution < -0.4 is 10.2 Å². The molecule has 0 spiro atoms. The fourth-order valence-corrected chi connectivity index (χ4v) is 2.56. The molecule has 1 saturated heterocycles. The summed E-state index contributed by atoms with van der Waals surface area (Å²) in [5.41, 5.74) is 1.30. The Morgan fingerprint density at radius 1 is 1.42 bits per heavy atom. The van der Waals surface area contributed by atoms with Gasteiger partial charge in [0.1, 0.15) is 5.82 Å². The van der Waals surface area contributed by atoms with Gasteiger partial charge in [-0.25, -0.2) is 4.98 Å². The lowest BCUT2D eigenvalue weighted by Crippen LogP contribution is -2.37. The van der Waals surface area contributed by atoms with E-state index < -0.39 is 0 Å². The molecule has 106 valence electrons. The van der Waals surface area contributed by atoms with E-state index in [1.807, 2.05) is 12.3 Å².